The molecule has 1 aliphatic carbocycles. The monoisotopic (exact) mass is 425 g/mol. The molecular formula is C21H23N5O3S. The molecule has 1 unspecified atom stereocenters. The largest absolute Gasteiger partial charge is 0.328 e. The summed E-state index contributed by atoms with van der Waals surface area (Å²) in [6.45, 7) is 2.43. The number of amides is 1. The lowest BCUT2D eigenvalue weighted by atomic mass is 10.1. The maximum absolute atomic E-state index is 13.5. The van der Waals surface area contributed by atoms with Crippen LogP contribution in [-0.4, -0.2) is 46.4 Å². The number of nitrogens with one attached hydrogen (secondary N) is 1. The molecule has 9 heteroatoms. The quantitative estimate of drug-likeness (QED) is 0.677. The highest BCUT2D eigenvalue weighted by molar-refractivity contribution is 7.89. The van der Waals surface area contributed by atoms with E-state index in [0.29, 0.717) is 12.1 Å². The van der Waals surface area contributed by atoms with Crippen molar-refractivity contribution in [3.05, 3.63) is 59.5 Å². The number of rotatable bonds is 5. The summed E-state index contributed by atoms with van der Waals surface area (Å²) in [5, 5.41) is 8.55. The molecule has 2 fully saturated rings. The maximum Gasteiger partial charge on any atom is 0.254 e. The lowest BCUT2D eigenvalue weighted by molar-refractivity contribution is 0.0728. The zero-order valence-electron chi connectivity index (χ0n) is 16.7. The molecule has 1 saturated heterocycles. The second-order valence-corrected chi connectivity index (χ2v) is 9.73. The Labute approximate surface area is 175 Å². The summed E-state index contributed by atoms with van der Waals surface area (Å²) in [5.41, 5.74) is 1.90. The number of carbonyl (C=O) groups is 1. The van der Waals surface area contributed by atoms with E-state index in [1.54, 1.807) is 17.0 Å². The Balaban J connectivity index is 1.48. The van der Waals surface area contributed by atoms with Crippen molar-refractivity contribution in [1.82, 2.24) is 24.2 Å². The van der Waals surface area contributed by atoms with E-state index in [0.717, 1.165) is 42.7 Å². The van der Waals surface area contributed by atoms with E-state index in [-0.39, 0.29) is 22.9 Å². The zero-order valence-corrected chi connectivity index (χ0v) is 17.5. The van der Waals surface area contributed by atoms with Crippen LogP contribution in [0.5, 0.6) is 0 Å². The molecule has 8 nitrogen and oxygen atoms in total. The van der Waals surface area contributed by atoms with Gasteiger partial charge in [0.1, 0.15) is 0 Å². The average Bonchev–Trinajstić information content (AvgIpc) is 3.24. The second kappa shape index (κ2) is 7.17. The van der Waals surface area contributed by atoms with Gasteiger partial charge in [-0.3, -0.25) is 9.20 Å². The van der Waals surface area contributed by atoms with Gasteiger partial charge in [-0.05, 0) is 62.4 Å². The van der Waals surface area contributed by atoms with Gasteiger partial charge in [-0.1, -0.05) is 12.1 Å². The maximum atomic E-state index is 13.5. The SMILES string of the molecule is Cc1ccc(S(=O)(=O)NC2CC2)cc1C(=O)N1CCCC1c1nnc2ccccn12. The molecule has 1 aromatic carbocycles. The minimum absolute atomic E-state index is 0.0136. The van der Waals surface area contributed by atoms with Crippen molar-refractivity contribution < 1.29 is 13.2 Å². The topological polar surface area (TPSA) is 96.7 Å². The number of benzene rings is 1. The molecule has 0 bridgehead atoms. The van der Waals surface area contributed by atoms with Crippen molar-refractivity contribution in [1.29, 1.82) is 0 Å². The molecular weight excluding hydrogens is 402 g/mol. The van der Waals surface area contributed by atoms with Gasteiger partial charge in [0.2, 0.25) is 10.0 Å². The van der Waals surface area contributed by atoms with Crippen LogP contribution in [0.3, 0.4) is 0 Å². The number of hydrogen-bond donors (Lipinski definition) is 1. The normalized spacial score (nSPS) is 19.5. The molecule has 1 N–H and O–H groups in total. The Hall–Kier alpha value is -2.78. The Morgan fingerprint density at radius 1 is 1.13 bits per heavy atom. The van der Waals surface area contributed by atoms with Gasteiger partial charge in [-0.25, -0.2) is 13.1 Å². The van der Waals surface area contributed by atoms with Gasteiger partial charge in [0, 0.05) is 24.3 Å². The first-order chi connectivity index (χ1) is 14.4. The van der Waals surface area contributed by atoms with Gasteiger partial charge >= 0.3 is 0 Å². The highest BCUT2D eigenvalue weighted by atomic mass is 32.2. The second-order valence-electron chi connectivity index (χ2n) is 8.02. The fraction of sp³-hybridized carbons (Fsp3) is 0.381. The third-order valence-electron chi connectivity index (χ3n) is 5.80. The third kappa shape index (κ3) is 3.37. The van der Waals surface area contributed by atoms with Crippen LogP contribution >= 0.6 is 0 Å². The van der Waals surface area contributed by atoms with Gasteiger partial charge in [0.25, 0.3) is 5.91 Å². The fourth-order valence-corrected chi connectivity index (χ4v) is 5.34. The van der Waals surface area contributed by atoms with Gasteiger partial charge in [-0.2, -0.15) is 0 Å². The zero-order chi connectivity index (χ0) is 20.9. The lowest BCUT2D eigenvalue weighted by Gasteiger charge is -2.24. The number of hydrogen-bond acceptors (Lipinski definition) is 5. The van der Waals surface area contributed by atoms with Crippen LogP contribution in [0.1, 0.15) is 53.5 Å². The molecule has 1 aliphatic heterocycles. The number of carbonyl (C=O) groups excluding carboxylic acids is 1. The summed E-state index contributed by atoms with van der Waals surface area (Å²) in [4.78, 5) is 15.4. The molecule has 5 rings (SSSR count). The van der Waals surface area contributed by atoms with Crippen LogP contribution < -0.4 is 4.72 Å². The molecule has 30 heavy (non-hydrogen) atoms. The van der Waals surface area contributed by atoms with Crippen LogP contribution in [0.15, 0.2) is 47.5 Å². The van der Waals surface area contributed by atoms with Crippen molar-refractivity contribution in [2.45, 2.75) is 49.6 Å². The predicted octanol–water partition coefficient (Wildman–Crippen LogP) is 2.46. The number of fused-ring (bicyclic) bond motifs is 1. The van der Waals surface area contributed by atoms with Crippen molar-refractivity contribution >= 4 is 21.6 Å². The van der Waals surface area contributed by atoms with E-state index in [1.165, 1.54) is 6.07 Å². The molecule has 1 atom stereocenters. The van der Waals surface area contributed by atoms with Crippen LogP contribution in [-0.2, 0) is 10.0 Å². The van der Waals surface area contributed by atoms with E-state index in [9.17, 15) is 13.2 Å². The highest BCUT2D eigenvalue weighted by Gasteiger charge is 2.35. The van der Waals surface area contributed by atoms with E-state index in [2.05, 4.69) is 14.9 Å². The minimum Gasteiger partial charge on any atom is -0.328 e. The van der Waals surface area contributed by atoms with Gasteiger partial charge in [-0.15, -0.1) is 10.2 Å². The standard InChI is InChI=1S/C21H23N5O3S/c1-14-7-10-16(30(28,29)24-15-8-9-15)13-17(14)21(27)25-12-4-5-18(25)20-23-22-19-6-2-3-11-26(19)20/h2-3,6-7,10-11,13,15,18,24H,4-5,8-9,12H2,1H3. The average molecular weight is 426 g/mol. The fourth-order valence-electron chi connectivity index (χ4n) is 4.01. The van der Waals surface area contributed by atoms with Crippen LogP contribution in [0, 0.1) is 6.92 Å². The first kappa shape index (κ1) is 19.2. The van der Waals surface area contributed by atoms with E-state index in [1.807, 2.05) is 35.7 Å². The lowest BCUT2D eigenvalue weighted by Crippen LogP contribution is -2.32. The predicted molar refractivity (Wildman–Crippen MR) is 111 cm³/mol. The summed E-state index contributed by atoms with van der Waals surface area (Å²) in [5.74, 6) is 0.555. The van der Waals surface area contributed by atoms with Gasteiger partial charge in [0.05, 0.1) is 10.9 Å². The molecule has 3 heterocycles. The summed E-state index contributed by atoms with van der Waals surface area (Å²) in [6, 6.07) is 10.3. The number of likely N-dealkylation sites (tertiary alicyclic amines) is 1. The Morgan fingerprint density at radius 2 is 1.97 bits per heavy atom. The van der Waals surface area contributed by atoms with E-state index < -0.39 is 10.0 Å². The Kier molecular flexibility index (Phi) is 4.59. The molecule has 1 saturated carbocycles. The first-order valence-electron chi connectivity index (χ1n) is 10.2. The third-order valence-corrected chi connectivity index (χ3v) is 7.32. The summed E-state index contributed by atoms with van der Waals surface area (Å²) in [6.07, 6.45) is 5.27. The van der Waals surface area contributed by atoms with Crippen LogP contribution in [0.25, 0.3) is 5.65 Å². The van der Waals surface area contributed by atoms with E-state index >= 15 is 0 Å². The minimum atomic E-state index is -3.63. The van der Waals surface area contributed by atoms with Crippen molar-refractivity contribution in [3.63, 3.8) is 0 Å². The first-order valence-corrected chi connectivity index (χ1v) is 11.7. The van der Waals surface area contributed by atoms with Crippen molar-refractivity contribution in [2.24, 2.45) is 0 Å². The van der Waals surface area contributed by atoms with E-state index in [4.69, 9.17) is 0 Å². The summed E-state index contributed by atoms with van der Waals surface area (Å²) >= 11 is 0. The number of pyridine rings is 1. The van der Waals surface area contributed by atoms with Crippen molar-refractivity contribution in [2.75, 3.05) is 6.54 Å². The summed E-state index contributed by atoms with van der Waals surface area (Å²) in [7, 11) is -3.63. The number of nitrogens with zero attached hydrogens (tertiary/aromatic N) is 4. The molecule has 0 radical (unpaired) electrons. The van der Waals surface area contributed by atoms with Gasteiger partial charge < -0.3 is 4.90 Å². The molecule has 2 aliphatic rings. The molecule has 156 valence electrons. The number of aromatic nitrogens is 3. The van der Waals surface area contributed by atoms with Crippen LogP contribution in [0.4, 0.5) is 0 Å². The highest BCUT2D eigenvalue weighted by Crippen LogP contribution is 2.33. The van der Waals surface area contributed by atoms with Crippen LogP contribution in [0.2, 0.25) is 0 Å². The summed E-state index contributed by atoms with van der Waals surface area (Å²) < 4.78 is 29.8. The Morgan fingerprint density at radius 3 is 2.77 bits per heavy atom. The van der Waals surface area contributed by atoms with Crippen molar-refractivity contribution in [3.8, 4) is 0 Å². The number of sulfonamides is 1. The van der Waals surface area contributed by atoms with Gasteiger partial charge in [0.15, 0.2) is 11.5 Å². The Bertz CT molecular complexity index is 1230. The molecule has 0 spiro atoms. The number of aryl methyl sites for hydroxylation is 1. The smallest absolute Gasteiger partial charge is 0.254 e. The molecule has 1 amide bonds. The molecule has 3 aromatic rings. The molecule has 2 aromatic heterocycles.